The number of hydrogen-bond acceptors (Lipinski definition) is 2. The molecular weight excluding hydrogens is 231 g/mol. The summed E-state index contributed by atoms with van der Waals surface area (Å²) in [6.45, 7) is 2.24. The van der Waals surface area contributed by atoms with Gasteiger partial charge in [-0.15, -0.1) is 0 Å². The van der Waals surface area contributed by atoms with Gasteiger partial charge in [0.15, 0.2) is 0 Å². The number of rotatable bonds is 5. The van der Waals surface area contributed by atoms with Crippen LogP contribution in [0.3, 0.4) is 0 Å². The van der Waals surface area contributed by atoms with Gasteiger partial charge in [-0.05, 0) is 30.7 Å². The predicted molar refractivity (Wildman–Crippen MR) is 61.5 cm³/mol. The number of primary amides is 1. The minimum absolute atomic E-state index is 0.0585. The van der Waals surface area contributed by atoms with Crippen LogP contribution >= 0.6 is 11.6 Å². The lowest BCUT2D eigenvalue weighted by molar-refractivity contribution is -0.118. The van der Waals surface area contributed by atoms with Crippen LogP contribution in [0.25, 0.3) is 0 Å². The second kappa shape index (κ2) is 5.82. The molecule has 0 aliphatic rings. The van der Waals surface area contributed by atoms with Gasteiger partial charge < -0.3 is 11.1 Å². The summed E-state index contributed by atoms with van der Waals surface area (Å²) in [5, 5.41) is 3.55. The molecule has 0 saturated heterocycles. The molecule has 1 unspecified atom stereocenters. The van der Waals surface area contributed by atoms with E-state index in [9.17, 15) is 9.18 Å². The van der Waals surface area contributed by atoms with Gasteiger partial charge in [0.2, 0.25) is 5.91 Å². The second-order valence-electron chi connectivity index (χ2n) is 3.69. The average molecular weight is 245 g/mol. The standard InChI is InChI=1S/C11H14ClFN2O/c1-7(4-11(14)16)15-6-8-5-9(13)2-3-10(8)12/h2-3,5,7,15H,4,6H2,1H3,(H2,14,16). The van der Waals surface area contributed by atoms with Crippen molar-refractivity contribution in [2.45, 2.75) is 25.9 Å². The number of hydrogen-bond donors (Lipinski definition) is 2. The topological polar surface area (TPSA) is 55.1 Å². The first-order valence-corrected chi connectivity index (χ1v) is 5.32. The lowest BCUT2D eigenvalue weighted by Gasteiger charge is -2.12. The molecule has 3 nitrogen and oxygen atoms in total. The number of carbonyl (C=O) groups is 1. The Labute approximate surface area is 98.8 Å². The van der Waals surface area contributed by atoms with Crippen LogP contribution in [0.15, 0.2) is 18.2 Å². The van der Waals surface area contributed by atoms with E-state index >= 15 is 0 Å². The molecule has 1 aromatic rings. The molecule has 0 heterocycles. The van der Waals surface area contributed by atoms with Gasteiger partial charge in [0, 0.05) is 24.0 Å². The van der Waals surface area contributed by atoms with E-state index in [4.69, 9.17) is 17.3 Å². The summed E-state index contributed by atoms with van der Waals surface area (Å²) in [5.41, 5.74) is 5.72. The van der Waals surface area contributed by atoms with E-state index in [0.29, 0.717) is 17.1 Å². The second-order valence-corrected chi connectivity index (χ2v) is 4.10. The highest BCUT2D eigenvalue weighted by Gasteiger charge is 2.07. The minimum Gasteiger partial charge on any atom is -0.370 e. The molecule has 0 fully saturated rings. The monoisotopic (exact) mass is 244 g/mol. The van der Waals surface area contributed by atoms with Crippen molar-refractivity contribution in [2.75, 3.05) is 0 Å². The summed E-state index contributed by atoms with van der Waals surface area (Å²) in [6, 6.07) is 4.12. The van der Waals surface area contributed by atoms with Crippen LogP contribution in [0.5, 0.6) is 0 Å². The third kappa shape index (κ3) is 4.16. The first kappa shape index (κ1) is 12.9. The lowest BCUT2D eigenvalue weighted by Crippen LogP contribution is -2.30. The van der Waals surface area contributed by atoms with E-state index in [1.807, 2.05) is 6.92 Å². The van der Waals surface area contributed by atoms with Gasteiger partial charge in [0.1, 0.15) is 5.82 Å². The van der Waals surface area contributed by atoms with Crippen LogP contribution in [0.1, 0.15) is 18.9 Å². The third-order valence-electron chi connectivity index (χ3n) is 2.16. The molecule has 88 valence electrons. The normalized spacial score (nSPS) is 12.4. The molecule has 1 amide bonds. The minimum atomic E-state index is -0.370. The van der Waals surface area contributed by atoms with Gasteiger partial charge in [-0.25, -0.2) is 4.39 Å². The molecule has 1 aromatic carbocycles. The maximum atomic E-state index is 12.9. The first-order valence-electron chi connectivity index (χ1n) is 4.94. The maximum absolute atomic E-state index is 12.9. The van der Waals surface area contributed by atoms with Crippen LogP contribution in [-0.4, -0.2) is 11.9 Å². The molecule has 0 bridgehead atoms. The Hall–Kier alpha value is -1.13. The van der Waals surface area contributed by atoms with Crippen molar-refractivity contribution in [1.29, 1.82) is 0 Å². The first-order chi connectivity index (χ1) is 7.49. The Morgan fingerprint density at radius 2 is 2.31 bits per heavy atom. The summed E-state index contributed by atoms with van der Waals surface area (Å²) in [6.07, 6.45) is 0.243. The number of halogens is 2. The Morgan fingerprint density at radius 3 is 2.94 bits per heavy atom. The van der Waals surface area contributed by atoms with E-state index in [2.05, 4.69) is 5.32 Å². The lowest BCUT2D eigenvalue weighted by atomic mass is 10.2. The maximum Gasteiger partial charge on any atom is 0.218 e. The third-order valence-corrected chi connectivity index (χ3v) is 2.52. The average Bonchev–Trinajstić information content (AvgIpc) is 2.18. The molecule has 0 aromatic heterocycles. The van der Waals surface area contributed by atoms with E-state index in [0.717, 1.165) is 0 Å². The zero-order valence-electron chi connectivity index (χ0n) is 8.97. The van der Waals surface area contributed by atoms with E-state index in [1.165, 1.54) is 18.2 Å². The number of carbonyl (C=O) groups excluding carboxylic acids is 1. The van der Waals surface area contributed by atoms with E-state index in [-0.39, 0.29) is 24.2 Å². The van der Waals surface area contributed by atoms with Gasteiger partial charge >= 0.3 is 0 Å². The van der Waals surface area contributed by atoms with E-state index < -0.39 is 0 Å². The highest BCUT2D eigenvalue weighted by Crippen LogP contribution is 2.16. The fourth-order valence-electron chi connectivity index (χ4n) is 1.34. The number of benzene rings is 1. The van der Waals surface area contributed by atoms with Gasteiger partial charge in [0.25, 0.3) is 0 Å². The highest BCUT2D eigenvalue weighted by atomic mass is 35.5. The van der Waals surface area contributed by atoms with Crippen LogP contribution in [0.2, 0.25) is 5.02 Å². The molecule has 1 rings (SSSR count). The van der Waals surface area contributed by atoms with Crippen molar-refractivity contribution in [3.63, 3.8) is 0 Å². The molecule has 16 heavy (non-hydrogen) atoms. The van der Waals surface area contributed by atoms with Crippen molar-refractivity contribution in [3.8, 4) is 0 Å². The summed E-state index contributed by atoms with van der Waals surface area (Å²) in [5.74, 6) is -0.700. The number of nitrogens with one attached hydrogen (secondary N) is 1. The quantitative estimate of drug-likeness (QED) is 0.830. The van der Waals surface area contributed by atoms with Crippen LogP contribution in [0, 0.1) is 5.82 Å². The molecule has 0 radical (unpaired) electrons. The smallest absolute Gasteiger partial charge is 0.218 e. The zero-order valence-corrected chi connectivity index (χ0v) is 9.72. The Balaban J connectivity index is 2.54. The van der Waals surface area contributed by atoms with Crippen molar-refractivity contribution < 1.29 is 9.18 Å². The van der Waals surface area contributed by atoms with Crippen molar-refractivity contribution in [3.05, 3.63) is 34.6 Å². The fraction of sp³-hybridized carbons (Fsp3) is 0.364. The molecule has 0 aliphatic carbocycles. The largest absolute Gasteiger partial charge is 0.370 e. The molecular formula is C11H14ClFN2O. The molecule has 0 spiro atoms. The molecule has 5 heteroatoms. The highest BCUT2D eigenvalue weighted by molar-refractivity contribution is 6.31. The van der Waals surface area contributed by atoms with Crippen molar-refractivity contribution in [2.24, 2.45) is 5.73 Å². The molecule has 3 N–H and O–H groups in total. The van der Waals surface area contributed by atoms with E-state index in [1.54, 1.807) is 0 Å². The summed E-state index contributed by atoms with van der Waals surface area (Å²) < 4.78 is 12.9. The van der Waals surface area contributed by atoms with Crippen LogP contribution in [-0.2, 0) is 11.3 Å². The van der Waals surface area contributed by atoms with Gasteiger partial charge in [-0.2, -0.15) is 0 Å². The number of amides is 1. The van der Waals surface area contributed by atoms with Gasteiger partial charge in [0.05, 0.1) is 0 Å². The van der Waals surface area contributed by atoms with Gasteiger partial charge in [-0.3, -0.25) is 4.79 Å². The van der Waals surface area contributed by atoms with Crippen molar-refractivity contribution >= 4 is 17.5 Å². The van der Waals surface area contributed by atoms with Crippen LogP contribution < -0.4 is 11.1 Å². The van der Waals surface area contributed by atoms with Crippen molar-refractivity contribution in [1.82, 2.24) is 5.32 Å². The molecule has 1 atom stereocenters. The Morgan fingerprint density at radius 1 is 1.62 bits per heavy atom. The fourth-order valence-corrected chi connectivity index (χ4v) is 1.52. The molecule has 0 aliphatic heterocycles. The summed E-state index contributed by atoms with van der Waals surface area (Å²) in [7, 11) is 0. The van der Waals surface area contributed by atoms with Gasteiger partial charge in [-0.1, -0.05) is 11.6 Å². The molecule has 0 saturated carbocycles. The Kier molecular flexibility index (Phi) is 4.71. The van der Waals surface area contributed by atoms with Crippen LogP contribution in [0.4, 0.5) is 4.39 Å². The summed E-state index contributed by atoms with van der Waals surface area (Å²) >= 11 is 5.89. The Bertz CT molecular complexity index is 384. The summed E-state index contributed by atoms with van der Waals surface area (Å²) in [4.78, 5) is 10.6. The number of nitrogens with two attached hydrogens (primary N) is 1. The SMILES string of the molecule is CC(CC(N)=O)NCc1cc(F)ccc1Cl. The predicted octanol–water partition coefficient (Wildman–Crippen LogP) is 1.83. The zero-order chi connectivity index (χ0) is 12.1.